The monoisotopic (exact) mass is 528 g/mol. The van der Waals surface area contributed by atoms with E-state index in [-0.39, 0.29) is 0 Å². The molecule has 0 unspecified atom stereocenters. The molecule has 0 N–H and O–H groups in total. The minimum Gasteiger partial charge on any atom is -0.148 e. The van der Waals surface area contributed by atoms with Gasteiger partial charge in [0.05, 0.1) is 19.2 Å². The van der Waals surface area contributed by atoms with E-state index in [1.807, 2.05) is 56.7 Å². The summed E-state index contributed by atoms with van der Waals surface area (Å²) in [6.45, 7) is 4.57. The van der Waals surface area contributed by atoms with Crippen LogP contribution in [0.4, 0.5) is 0 Å². The summed E-state index contributed by atoms with van der Waals surface area (Å²) in [5, 5.41) is 12.5. The van der Waals surface area contributed by atoms with E-state index in [0.717, 1.165) is 0 Å². The predicted octanol–water partition coefficient (Wildman–Crippen LogP) is 11.9. The average molecular weight is 529 g/mol. The molecule has 5 aromatic rings. The van der Waals surface area contributed by atoms with Crippen molar-refractivity contribution in [2.45, 2.75) is 78.1 Å². The lowest BCUT2D eigenvalue weighted by atomic mass is 10.1. The highest BCUT2D eigenvalue weighted by molar-refractivity contribution is 7.33. The van der Waals surface area contributed by atoms with Gasteiger partial charge in [-0.3, -0.25) is 0 Å². The van der Waals surface area contributed by atoms with Crippen molar-refractivity contribution < 1.29 is 0 Å². The van der Waals surface area contributed by atoms with Crippen LogP contribution in [0.5, 0.6) is 0 Å². The first kappa shape index (κ1) is 23.7. The molecule has 0 bridgehead atoms. The number of unbranched alkanes of at least 4 members (excludes halogenated alkanes) is 6. The molecule has 0 spiro atoms. The first-order valence-electron chi connectivity index (χ1n) is 12.3. The van der Waals surface area contributed by atoms with Gasteiger partial charge in [0, 0.05) is 42.4 Å². The lowest BCUT2D eigenvalue weighted by molar-refractivity contribution is 0.670. The van der Waals surface area contributed by atoms with Gasteiger partial charge in [0.15, 0.2) is 0 Å². The standard InChI is InChI=1S/C28H32S5/c1-3-5-7-9-11-21-13-19(15-29-21)25-27-23(17-31-25)24-18-32-26(28(24)33-27)20-14-22(30-16-20)12-10-8-6-4-2/h13-18H,3-12H2,1-2H3. The molecule has 0 aliphatic heterocycles. The van der Waals surface area contributed by atoms with E-state index in [0.29, 0.717) is 0 Å². The molecule has 0 nitrogen and oxygen atoms in total. The van der Waals surface area contributed by atoms with E-state index >= 15 is 0 Å². The molecule has 5 aromatic heterocycles. The SMILES string of the molecule is CCCCCCc1cc(-c2scc3c2sc2c(-c4csc(CCCCCC)c4)scc23)cs1. The molecule has 174 valence electrons. The fourth-order valence-electron chi connectivity index (χ4n) is 4.48. The van der Waals surface area contributed by atoms with E-state index < -0.39 is 0 Å². The maximum atomic E-state index is 2.46. The topological polar surface area (TPSA) is 0 Å². The van der Waals surface area contributed by atoms with Crippen LogP contribution in [0.15, 0.2) is 33.7 Å². The summed E-state index contributed by atoms with van der Waals surface area (Å²) >= 11 is 9.77. The summed E-state index contributed by atoms with van der Waals surface area (Å²) in [5.41, 5.74) is 2.87. The van der Waals surface area contributed by atoms with E-state index in [9.17, 15) is 0 Å². The van der Waals surface area contributed by atoms with Crippen LogP contribution in [0, 0.1) is 0 Å². The molecule has 33 heavy (non-hydrogen) atoms. The second kappa shape index (κ2) is 11.2. The Balaban J connectivity index is 1.37. The highest BCUT2D eigenvalue weighted by Gasteiger charge is 2.18. The predicted molar refractivity (Wildman–Crippen MR) is 157 cm³/mol. The molecule has 0 fully saturated rings. The summed E-state index contributed by atoms with van der Waals surface area (Å²) in [6.07, 6.45) is 13.2. The van der Waals surface area contributed by atoms with Crippen LogP contribution in [0.2, 0.25) is 0 Å². The molecule has 0 amide bonds. The molecule has 0 aliphatic rings. The third-order valence-corrected chi connectivity index (χ3v) is 11.9. The lowest BCUT2D eigenvalue weighted by Gasteiger charge is -1.97. The molecule has 0 aliphatic carbocycles. The van der Waals surface area contributed by atoms with Crippen LogP contribution >= 0.6 is 56.7 Å². The highest BCUT2D eigenvalue weighted by atomic mass is 32.1. The van der Waals surface area contributed by atoms with Crippen LogP contribution in [-0.4, -0.2) is 0 Å². The van der Waals surface area contributed by atoms with Gasteiger partial charge < -0.3 is 0 Å². The number of rotatable bonds is 12. The molecular formula is C28H32S5. The second-order valence-corrected chi connectivity index (χ2v) is 13.7. The molecule has 0 saturated heterocycles. The van der Waals surface area contributed by atoms with Crippen molar-refractivity contribution >= 4 is 76.9 Å². The smallest absolute Gasteiger partial charge is 0.0542 e. The van der Waals surface area contributed by atoms with Crippen LogP contribution in [0.1, 0.15) is 75.0 Å². The zero-order chi connectivity index (χ0) is 22.6. The number of hydrogen-bond acceptors (Lipinski definition) is 5. The van der Waals surface area contributed by atoms with Crippen molar-refractivity contribution in [3.8, 4) is 20.9 Å². The number of aryl methyl sites for hydroxylation is 2. The number of thiophene rings is 5. The van der Waals surface area contributed by atoms with Crippen LogP contribution in [-0.2, 0) is 12.8 Å². The normalized spacial score (nSPS) is 11.9. The molecular weight excluding hydrogens is 497 g/mol. The van der Waals surface area contributed by atoms with Crippen molar-refractivity contribution in [3.63, 3.8) is 0 Å². The van der Waals surface area contributed by atoms with Crippen molar-refractivity contribution in [2.24, 2.45) is 0 Å². The third-order valence-electron chi connectivity index (χ3n) is 6.37. The van der Waals surface area contributed by atoms with Crippen molar-refractivity contribution in [1.82, 2.24) is 0 Å². The maximum absolute atomic E-state index is 2.46. The number of hydrogen-bond donors (Lipinski definition) is 0. The first-order chi connectivity index (χ1) is 16.3. The minimum atomic E-state index is 1.24. The van der Waals surface area contributed by atoms with Gasteiger partial charge in [-0.1, -0.05) is 52.4 Å². The van der Waals surface area contributed by atoms with Gasteiger partial charge in [0.25, 0.3) is 0 Å². The maximum Gasteiger partial charge on any atom is 0.0542 e. The lowest BCUT2D eigenvalue weighted by Crippen LogP contribution is -1.80. The zero-order valence-corrected chi connectivity index (χ0v) is 23.7. The van der Waals surface area contributed by atoms with Crippen LogP contribution in [0.3, 0.4) is 0 Å². The molecule has 0 atom stereocenters. The molecule has 0 saturated carbocycles. The molecule has 5 rings (SSSR count). The number of fused-ring (bicyclic) bond motifs is 3. The Morgan fingerprint density at radius 1 is 0.545 bits per heavy atom. The van der Waals surface area contributed by atoms with E-state index in [2.05, 4.69) is 47.5 Å². The van der Waals surface area contributed by atoms with Gasteiger partial charge in [0.2, 0.25) is 0 Å². The Labute approximate surface area is 217 Å². The Kier molecular flexibility index (Phi) is 8.04. The Morgan fingerprint density at radius 2 is 1.03 bits per heavy atom. The summed E-state index contributed by atoms with van der Waals surface area (Å²) in [6, 6.07) is 4.92. The van der Waals surface area contributed by atoms with Gasteiger partial charge >= 0.3 is 0 Å². The van der Waals surface area contributed by atoms with Crippen molar-refractivity contribution in [1.29, 1.82) is 0 Å². The molecule has 5 heterocycles. The van der Waals surface area contributed by atoms with E-state index in [1.165, 1.54) is 105 Å². The van der Waals surface area contributed by atoms with Gasteiger partial charge in [-0.2, -0.15) is 0 Å². The summed E-state index contributed by atoms with van der Waals surface area (Å²) in [4.78, 5) is 6.04. The summed E-state index contributed by atoms with van der Waals surface area (Å²) in [5.74, 6) is 0. The van der Waals surface area contributed by atoms with E-state index in [4.69, 9.17) is 0 Å². The van der Waals surface area contributed by atoms with Gasteiger partial charge in [-0.15, -0.1) is 56.7 Å². The van der Waals surface area contributed by atoms with Crippen LogP contribution in [0.25, 0.3) is 41.1 Å². The molecule has 5 heteroatoms. The van der Waals surface area contributed by atoms with E-state index in [1.54, 1.807) is 9.75 Å². The minimum absolute atomic E-state index is 1.24. The summed E-state index contributed by atoms with van der Waals surface area (Å²) in [7, 11) is 0. The van der Waals surface area contributed by atoms with Crippen molar-refractivity contribution in [3.05, 3.63) is 43.4 Å². The van der Waals surface area contributed by atoms with Crippen LogP contribution < -0.4 is 0 Å². The summed E-state index contributed by atoms with van der Waals surface area (Å²) < 4.78 is 2.98. The fourth-order valence-corrected chi connectivity index (χ4v) is 10.2. The van der Waals surface area contributed by atoms with Gasteiger partial charge in [-0.05, 0) is 48.6 Å². The Bertz CT molecular complexity index is 1210. The largest absolute Gasteiger partial charge is 0.148 e. The Morgan fingerprint density at radius 3 is 1.48 bits per heavy atom. The third kappa shape index (κ3) is 5.18. The quantitative estimate of drug-likeness (QED) is 0.141. The Hall–Kier alpha value is -0.980. The molecule has 0 radical (unpaired) electrons. The average Bonchev–Trinajstić information content (AvgIpc) is 3.61. The zero-order valence-electron chi connectivity index (χ0n) is 19.6. The molecule has 0 aromatic carbocycles. The highest BCUT2D eigenvalue weighted by Crippen LogP contribution is 2.50. The second-order valence-electron chi connectivity index (χ2n) is 8.94. The van der Waals surface area contributed by atoms with Gasteiger partial charge in [0.1, 0.15) is 0 Å². The fraction of sp³-hybridized carbons (Fsp3) is 0.429. The van der Waals surface area contributed by atoms with Gasteiger partial charge in [-0.25, -0.2) is 0 Å². The van der Waals surface area contributed by atoms with Crippen molar-refractivity contribution in [2.75, 3.05) is 0 Å². The first-order valence-corrected chi connectivity index (χ1v) is 16.7.